The molecule has 5 heteroatoms. The number of benzene rings is 1. The van der Waals surface area contributed by atoms with Crippen LogP contribution >= 0.6 is 11.6 Å². The molecule has 1 aromatic heterocycles. The van der Waals surface area contributed by atoms with E-state index in [2.05, 4.69) is 4.98 Å². The Bertz CT molecular complexity index is 665. The number of hydrogen-bond acceptors (Lipinski definition) is 4. The van der Waals surface area contributed by atoms with Crippen LogP contribution in [0.4, 0.5) is 0 Å². The van der Waals surface area contributed by atoms with Gasteiger partial charge in [0.25, 0.3) is 0 Å². The van der Waals surface area contributed by atoms with Crippen molar-refractivity contribution in [2.24, 2.45) is 5.73 Å². The molecule has 1 heterocycles. The molecule has 0 fully saturated rings. The van der Waals surface area contributed by atoms with E-state index in [9.17, 15) is 0 Å². The monoisotopic (exact) mass is 301 g/mol. The molecule has 0 aliphatic heterocycles. The molecule has 1 unspecified atom stereocenters. The van der Waals surface area contributed by atoms with Crippen LogP contribution in [0, 0.1) is 11.3 Å². The fourth-order valence-corrected chi connectivity index (χ4v) is 2.22. The Labute approximate surface area is 129 Å². The molecule has 0 spiro atoms. The quantitative estimate of drug-likeness (QED) is 0.921. The number of pyridine rings is 1. The van der Waals surface area contributed by atoms with E-state index < -0.39 is 0 Å². The lowest BCUT2D eigenvalue weighted by Gasteiger charge is -2.14. The second-order valence-corrected chi connectivity index (χ2v) is 5.25. The van der Waals surface area contributed by atoms with Crippen LogP contribution in [0.15, 0.2) is 36.5 Å². The first kappa shape index (κ1) is 15.3. The number of rotatable bonds is 5. The van der Waals surface area contributed by atoms with Gasteiger partial charge in [-0.3, -0.25) is 0 Å². The third kappa shape index (κ3) is 4.19. The van der Waals surface area contributed by atoms with Gasteiger partial charge < -0.3 is 10.5 Å². The zero-order valence-corrected chi connectivity index (χ0v) is 12.5. The van der Waals surface area contributed by atoms with Crippen molar-refractivity contribution in [3.63, 3.8) is 0 Å². The molecular weight excluding hydrogens is 286 g/mol. The molecule has 0 aliphatic rings. The van der Waals surface area contributed by atoms with Crippen molar-refractivity contribution in [2.75, 3.05) is 0 Å². The molecule has 108 valence electrons. The molecule has 1 aromatic carbocycles. The normalized spacial score (nSPS) is 11.7. The van der Waals surface area contributed by atoms with Gasteiger partial charge in [-0.2, -0.15) is 5.26 Å². The number of hydrogen-bond donors (Lipinski definition) is 1. The van der Waals surface area contributed by atoms with Crippen molar-refractivity contribution in [3.8, 4) is 11.8 Å². The predicted octanol–water partition coefficient (Wildman–Crippen LogP) is 3.08. The van der Waals surface area contributed by atoms with Crippen LogP contribution in [0.1, 0.15) is 23.7 Å². The van der Waals surface area contributed by atoms with Crippen molar-refractivity contribution in [1.82, 2.24) is 4.98 Å². The summed E-state index contributed by atoms with van der Waals surface area (Å²) in [5.41, 5.74) is 8.01. The summed E-state index contributed by atoms with van der Waals surface area (Å²) in [6.45, 7) is 2.28. The number of nitrogens with two attached hydrogens (primary N) is 1. The molecule has 0 bridgehead atoms. The number of nitrogens with zero attached hydrogens (tertiary/aromatic N) is 2. The van der Waals surface area contributed by atoms with Gasteiger partial charge in [0, 0.05) is 22.8 Å². The van der Waals surface area contributed by atoms with Gasteiger partial charge in [-0.25, -0.2) is 4.98 Å². The average Bonchev–Trinajstić information content (AvgIpc) is 2.48. The number of nitriles is 1. The van der Waals surface area contributed by atoms with Crippen LogP contribution in [0.3, 0.4) is 0 Å². The van der Waals surface area contributed by atoms with Crippen molar-refractivity contribution in [2.45, 2.75) is 26.0 Å². The summed E-state index contributed by atoms with van der Waals surface area (Å²) in [6.07, 6.45) is 2.24. The SMILES string of the molecule is CC(N)Cc1c(Cl)cccc1OCc1ccnc(C#N)c1. The van der Waals surface area contributed by atoms with E-state index in [0.29, 0.717) is 23.7 Å². The smallest absolute Gasteiger partial charge is 0.140 e. The lowest BCUT2D eigenvalue weighted by atomic mass is 10.1. The Kier molecular flexibility index (Phi) is 5.15. The summed E-state index contributed by atoms with van der Waals surface area (Å²) in [7, 11) is 0. The van der Waals surface area contributed by atoms with E-state index in [1.165, 1.54) is 0 Å². The van der Waals surface area contributed by atoms with Gasteiger partial charge in [0.2, 0.25) is 0 Å². The summed E-state index contributed by atoms with van der Waals surface area (Å²) in [4.78, 5) is 3.93. The molecule has 0 saturated heterocycles. The molecule has 0 radical (unpaired) electrons. The summed E-state index contributed by atoms with van der Waals surface area (Å²) < 4.78 is 5.83. The summed E-state index contributed by atoms with van der Waals surface area (Å²) in [5, 5.41) is 9.49. The average molecular weight is 302 g/mol. The Hall–Kier alpha value is -2.09. The molecule has 2 N–H and O–H groups in total. The Morgan fingerprint density at radius 1 is 1.43 bits per heavy atom. The Morgan fingerprint density at radius 3 is 2.95 bits per heavy atom. The molecule has 0 saturated carbocycles. The van der Waals surface area contributed by atoms with Gasteiger partial charge in [0.1, 0.15) is 24.1 Å². The van der Waals surface area contributed by atoms with Crippen molar-refractivity contribution < 1.29 is 4.74 Å². The summed E-state index contributed by atoms with van der Waals surface area (Å²) in [6, 6.07) is 11.1. The van der Waals surface area contributed by atoms with E-state index in [-0.39, 0.29) is 6.04 Å². The standard InChI is InChI=1S/C16H16ClN3O/c1-11(19)7-14-15(17)3-2-4-16(14)21-10-12-5-6-20-13(8-12)9-18/h2-6,8,11H,7,10,19H2,1H3. The second-order valence-electron chi connectivity index (χ2n) is 4.85. The maximum absolute atomic E-state index is 8.84. The van der Waals surface area contributed by atoms with Crippen LogP contribution in [0.2, 0.25) is 5.02 Å². The molecule has 0 aliphatic carbocycles. The molecule has 0 amide bonds. The van der Waals surface area contributed by atoms with E-state index in [4.69, 9.17) is 27.3 Å². The predicted molar refractivity (Wildman–Crippen MR) is 82.1 cm³/mol. The van der Waals surface area contributed by atoms with Gasteiger partial charge in [-0.05, 0) is 43.2 Å². The van der Waals surface area contributed by atoms with Gasteiger partial charge in [-0.1, -0.05) is 17.7 Å². The second kappa shape index (κ2) is 7.07. The highest BCUT2D eigenvalue weighted by atomic mass is 35.5. The first-order valence-corrected chi connectivity index (χ1v) is 6.98. The maximum Gasteiger partial charge on any atom is 0.140 e. The highest BCUT2D eigenvalue weighted by Gasteiger charge is 2.10. The van der Waals surface area contributed by atoms with Gasteiger partial charge >= 0.3 is 0 Å². The number of aromatic nitrogens is 1. The topological polar surface area (TPSA) is 71.9 Å². The maximum atomic E-state index is 8.84. The molecule has 2 aromatic rings. The molecular formula is C16H16ClN3O. The molecule has 1 atom stereocenters. The van der Waals surface area contributed by atoms with Gasteiger partial charge in [-0.15, -0.1) is 0 Å². The Balaban J connectivity index is 2.16. The first-order valence-electron chi connectivity index (χ1n) is 6.61. The fraction of sp³-hybridized carbons (Fsp3) is 0.250. The minimum atomic E-state index is -0.00151. The van der Waals surface area contributed by atoms with E-state index in [1.54, 1.807) is 12.3 Å². The lowest BCUT2D eigenvalue weighted by Crippen LogP contribution is -2.18. The number of ether oxygens (including phenoxy) is 1. The van der Waals surface area contributed by atoms with Crippen LogP contribution in [0.25, 0.3) is 0 Å². The number of halogens is 1. The molecule has 2 rings (SSSR count). The molecule has 4 nitrogen and oxygen atoms in total. The Morgan fingerprint density at radius 2 is 2.24 bits per heavy atom. The van der Waals surface area contributed by atoms with E-state index in [1.807, 2.05) is 37.3 Å². The zero-order valence-electron chi connectivity index (χ0n) is 11.7. The van der Waals surface area contributed by atoms with Crippen LogP contribution in [-0.4, -0.2) is 11.0 Å². The largest absolute Gasteiger partial charge is 0.489 e. The first-order chi connectivity index (χ1) is 10.1. The third-order valence-electron chi connectivity index (χ3n) is 2.94. The van der Waals surface area contributed by atoms with E-state index >= 15 is 0 Å². The van der Waals surface area contributed by atoms with Crippen LogP contribution in [0.5, 0.6) is 5.75 Å². The summed E-state index contributed by atoms with van der Waals surface area (Å²) in [5.74, 6) is 0.718. The van der Waals surface area contributed by atoms with Crippen molar-refractivity contribution >= 4 is 11.6 Å². The van der Waals surface area contributed by atoms with Gasteiger partial charge in [0.15, 0.2) is 0 Å². The highest BCUT2D eigenvalue weighted by Crippen LogP contribution is 2.28. The van der Waals surface area contributed by atoms with E-state index in [0.717, 1.165) is 16.9 Å². The van der Waals surface area contributed by atoms with Crippen molar-refractivity contribution in [3.05, 3.63) is 58.4 Å². The zero-order chi connectivity index (χ0) is 15.2. The van der Waals surface area contributed by atoms with Gasteiger partial charge in [0.05, 0.1) is 0 Å². The fourth-order valence-electron chi connectivity index (χ4n) is 1.98. The minimum Gasteiger partial charge on any atom is -0.489 e. The minimum absolute atomic E-state index is 0.00151. The van der Waals surface area contributed by atoms with Crippen LogP contribution in [-0.2, 0) is 13.0 Å². The van der Waals surface area contributed by atoms with Crippen LogP contribution < -0.4 is 10.5 Å². The highest BCUT2D eigenvalue weighted by molar-refractivity contribution is 6.31. The van der Waals surface area contributed by atoms with Crippen molar-refractivity contribution in [1.29, 1.82) is 5.26 Å². The molecule has 21 heavy (non-hydrogen) atoms. The lowest BCUT2D eigenvalue weighted by molar-refractivity contribution is 0.302. The summed E-state index contributed by atoms with van der Waals surface area (Å²) >= 11 is 6.21. The third-order valence-corrected chi connectivity index (χ3v) is 3.29.